The smallest absolute Gasteiger partial charge is 0.344 e. The van der Waals surface area contributed by atoms with Crippen LogP contribution in [0.2, 0.25) is 10.0 Å². The number of carbonyl (C=O) groups excluding carboxylic acids is 1. The van der Waals surface area contributed by atoms with Crippen molar-refractivity contribution in [2.75, 3.05) is 19.8 Å². The topological polar surface area (TPSA) is 59.9 Å². The summed E-state index contributed by atoms with van der Waals surface area (Å²) in [4.78, 5) is 16.1. The molecule has 0 aromatic heterocycles. The van der Waals surface area contributed by atoms with E-state index in [1.807, 2.05) is 24.3 Å². The van der Waals surface area contributed by atoms with Crippen LogP contribution in [-0.4, -0.2) is 31.6 Å². The molecule has 0 unspecified atom stereocenters. The predicted octanol–water partition coefficient (Wildman–Crippen LogP) is 3.47. The lowest BCUT2D eigenvalue weighted by molar-refractivity contribution is -0.145. The monoisotopic (exact) mass is 378 g/mol. The predicted molar refractivity (Wildman–Crippen MR) is 97.6 cm³/mol. The zero-order valence-electron chi connectivity index (χ0n) is 13.3. The average molecular weight is 379 g/mol. The molecular formula is C18H16Cl2N2O3. The van der Waals surface area contributed by atoms with Gasteiger partial charge in [0, 0.05) is 10.6 Å². The van der Waals surface area contributed by atoms with Crippen LogP contribution in [0.5, 0.6) is 5.75 Å². The van der Waals surface area contributed by atoms with Crippen LogP contribution in [0.15, 0.2) is 47.5 Å². The van der Waals surface area contributed by atoms with E-state index in [-0.39, 0.29) is 13.2 Å². The maximum Gasteiger partial charge on any atom is 0.344 e. The van der Waals surface area contributed by atoms with E-state index >= 15 is 0 Å². The SMILES string of the molecule is O=C(COc1ccc(Cl)cc1Cl)OCCNC1=NCc2ccccc21. The molecule has 7 heteroatoms. The number of carbonyl (C=O) groups is 1. The fourth-order valence-corrected chi connectivity index (χ4v) is 2.86. The Hall–Kier alpha value is -2.24. The van der Waals surface area contributed by atoms with Gasteiger partial charge in [0.15, 0.2) is 6.61 Å². The minimum Gasteiger partial charge on any atom is -0.480 e. The maximum absolute atomic E-state index is 11.7. The molecule has 0 saturated heterocycles. The van der Waals surface area contributed by atoms with Crippen molar-refractivity contribution in [3.63, 3.8) is 0 Å². The van der Waals surface area contributed by atoms with Crippen molar-refractivity contribution in [3.8, 4) is 5.75 Å². The number of rotatable bonds is 6. The molecule has 1 aliphatic heterocycles. The van der Waals surface area contributed by atoms with E-state index in [0.29, 0.717) is 28.9 Å². The molecule has 0 fully saturated rings. The average Bonchev–Trinajstić information content (AvgIpc) is 3.01. The molecule has 25 heavy (non-hydrogen) atoms. The first-order chi connectivity index (χ1) is 12.1. The van der Waals surface area contributed by atoms with Gasteiger partial charge in [-0.15, -0.1) is 0 Å². The van der Waals surface area contributed by atoms with E-state index in [4.69, 9.17) is 32.7 Å². The van der Waals surface area contributed by atoms with Crippen molar-refractivity contribution >= 4 is 35.0 Å². The van der Waals surface area contributed by atoms with E-state index in [1.165, 1.54) is 5.56 Å². The molecule has 2 aromatic rings. The van der Waals surface area contributed by atoms with Crippen molar-refractivity contribution < 1.29 is 14.3 Å². The molecule has 0 atom stereocenters. The standard InChI is InChI=1S/C18H16Cl2N2O3/c19-13-5-6-16(15(20)9-13)25-11-17(23)24-8-7-21-18-14-4-2-1-3-12(14)10-22-18/h1-6,9H,7-8,10-11H2,(H,21,22). The Morgan fingerprint density at radius 1 is 1.20 bits per heavy atom. The quantitative estimate of drug-likeness (QED) is 0.617. The molecular weight excluding hydrogens is 363 g/mol. The summed E-state index contributed by atoms with van der Waals surface area (Å²) in [5.74, 6) is 0.746. The summed E-state index contributed by atoms with van der Waals surface area (Å²) in [6.07, 6.45) is 0. The summed E-state index contributed by atoms with van der Waals surface area (Å²) in [5.41, 5.74) is 2.28. The summed E-state index contributed by atoms with van der Waals surface area (Å²) < 4.78 is 10.4. The molecule has 2 aromatic carbocycles. The number of aliphatic imine (C=N–C) groups is 1. The second-order valence-corrected chi connectivity index (χ2v) is 6.18. The second kappa shape index (κ2) is 8.23. The van der Waals surface area contributed by atoms with Gasteiger partial charge in [0.25, 0.3) is 0 Å². The van der Waals surface area contributed by atoms with Gasteiger partial charge in [-0.2, -0.15) is 0 Å². The number of amidine groups is 1. The number of hydrogen-bond acceptors (Lipinski definition) is 5. The van der Waals surface area contributed by atoms with Gasteiger partial charge in [0.1, 0.15) is 18.2 Å². The summed E-state index contributed by atoms with van der Waals surface area (Å²) in [5, 5.41) is 4.03. The van der Waals surface area contributed by atoms with E-state index in [1.54, 1.807) is 18.2 Å². The van der Waals surface area contributed by atoms with Crippen LogP contribution in [-0.2, 0) is 16.1 Å². The van der Waals surface area contributed by atoms with Gasteiger partial charge in [-0.25, -0.2) is 4.79 Å². The molecule has 0 radical (unpaired) electrons. The Kier molecular flexibility index (Phi) is 5.79. The molecule has 0 spiro atoms. The minimum atomic E-state index is -0.471. The van der Waals surface area contributed by atoms with Gasteiger partial charge >= 0.3 is 5.97 Å². The summed E-state index contributed by atoms with van der Waals surface area (Å²) in [6.45, 7) is 1.15. The van der Waals surface area contributed by atoms with E-state index in [9.17, 15) is 4.79 Å². The first-order valence-electron chi connectivity index (χ1n) is 7.73. The third-order valence-electron chi connectivity index (χ3n) is 3.58. The number of fused-ring (bicyclic) bond motifs is 1. The number of benzene rings is 2. The lowest BCUT2D eigenvalue weighted by Gasteiger charge is -2.10. The van der Waals surface area contributed by atoms with Gasteiger partial charge in [-0.1, -0.05) is 47.5 Å². The number of halogens is 2. The van der Waals surface area contributed by atoms with Crippen LogP contribution in [0.3, 0.4) is 0 Å². The highest BCUT2D eigenvalue weighted by atomic mass is 35.5. The lowest BCUT2D eigenvalue weighted by Crippen LogP contribution is -2.28. The lowest BCUT2D eigenvalue weighted by atomic mass is 10.1. The highest BCUT2D eigenvalue weighted by Gasteiger charge is 2.14. The normalized spacial score (nSPS) is 12.3. The van der Waals surface area contributed by atoms with Crippen molar-refractivity contribution in [3.05, 3.63) is 63.6 Å². The van der Waals surface area contributed by atoms with E-state index in [2.05, 4.69) is 10.3 Å². The highest BCUT2D eigenvalue weighted by Crippen LogP contribution is 2.27. The third-order valence-corrected chi connectivity index (χ3v) is 4.11. The fourth-order valence-electron chi connectivity index (χ4n) is 2.39. The molecule has 0 aliphatic carbocycles. The first kappa shape index (κ1) is 17.6. The Morgan fingerprint density at radius 2 is 2.04 bits per heavy atom. The molecule has 130 valence electrons. The molecule has 3 rings (SSSR count). The molecule has 0 amide bonds. The van der Waals surface area contributed by atoms with E-state index in [0.717, 1.165) is 11.4 Å². The van der Waals surface area contributed by atoms with Crippen molar-refractivity contribution in [1.82, 2.24) is 5.32 Å². The summed E-state index contributed by atoms with van der Waals surface area (Å²) >= 11 is 11.8. The van der Waals surface area contributed by atoms with Crippen LogP contribution >= 0.6 is 23.2 Å². The molecule has 1 N–H and O–H groups in total. The highest BCUT2D eigenvalue weighted by molar-refractivity contribution is 6.35. The van der Waals surface area contributed by atoms with E-state index < -0.39 is 5.97 Å². The van der Waals surface area contributed by atoms with Crippen molar-refractivity contribution in [1.29, 1.82) is 0 Å². The number of esters is 1. The van der Waals surface area contributed by atoms with Crippen LogP contribution in [0.25, 0.3) is 0 Å². The Morgan fingerprint density at radius 3 is 2.88 bits per heavy atom. The van der Waals surface area contributed by atoms with Crippen LogP contribution in [0, 0.1) is 0 Å². The van der Waals surface area contributed by atoms with Crippen LogP contribution in [0.1, 0.15) is 11.1 Å². The maximum atomic E-state index is 11.7. The van der Waals surface area contributed by atoms with Gasteiger partial charge in [0.2, 0.25) is 0 Å². The molecule has 0 bridgehead atoms. The number of ether oxygens (including phenoxy) is 2. The number of nitrogens with zero attached hydrogens (tertiary/aromatic N) is 1. The molecule has 1 heterocycles. The van der Waals surface area contributed by atoms with Crippen LogP contribution in [0.4, 0.5) is 0 Å². The minimum absolute atomic E-state index is 0.217. The van der Waals surface area contributed by atoms with Gasteiger partial charge in [0.05, 0.1) is 18.1 Å². The Bertz CT molecular complexity index is 809. The molecule has 5 nitrogen and oxygen atoms in total. The van der Waals surface area contributed by atoms with Crippen molar-refractivity contribution in [2.45, 2.75) is 6.54 Å². The number of hydrogen-bond donors (Lipinski definition) is 1. The van der Waals surface area contributed by atoms with Crippen molar-refractivity contribution in [2.24, 2.45) is 4.99 Å². The zero-order valence-corrected chi connectivity index (χ0v) is 14.8. The Balaban J connectivity index is 1.37. The zero-order chi connectivity index (χ0) is 17.6. The van der Waals surface area contributed by atoms with Gasteiger partial charge in [-0.05, 0) is 23.8 Å². The second-order valence-electron chi connectivity index (χ2n) is 5.33. The number of nitrogens with one attached hydrogen (secondary N) is 1. The Labute approximate surface area is 155 Å². The molecule has 0 saturated carbocycles. The largest absolute Gasteiger partial charge is 0.480 e. The summed E-state index contributed by atoms with van der Waals surface area (Å²) in [7, 11) is 0. The molecule has 1 aliphatic rings. The fraction of sp³-hybridized carbons (Fsp3) is 0.222. The summed E-state index contributed by atoms with van der Waals surface area (Å²) in [6, 6.07) is 12.8. The van der Waals surface area contributed by atoms with Crippen LogP contribution < -0.4 is 10.1 Å². The third kappa shape index (κ3) is 4.65. The van der Waals surface area contributed by atoms with Gasteiger partial charge < -0.3 is 14.8 Å². The first-order valence-corrected chi connectivity index (χ1v) is 8.49. The van der Waals surface area contributed by atoms with Gasteiger partial charge in [-0.3, -0.25) is 4.99 Å².